The molecule has 1 N–H and O–H groups in total. The van der Waals surface area contributed by atoms with Crippen molar-refractivity contribution in [1.82, 2.24) is 4.98 Å². The maximum Gasteiger partial charge on any atom is 0.148 e. The van der Waals surface area contributed by atoms with Crippen LogP contribution < -0.4 is 5.32 Å². The van der Waals surface area contributed by atoms with Gasteiger partial charge in [0.15, 0.2) is 0 Å². The van der Waals surface area contributed by atoms with Crippen molar-refractivity contribution in [2.45, 2.75) is 13.8 Å². The Hall–Kier alpha value is -2.92. The summed E-state index contributed by atoms with van der Waals surface area (Å²) in [5.74, 6) is -0.117. The molecule has 1 aromatic carbocycles. The molecule has 2 aromatic rings. The van der Waals surface area contributed by atoms with Gasteiger partial charge in [0.25, 0.3) is 0 Å². The topological polar surface area (TPSA) is 72.5 Å². The van der Waals surface area contributed by atoms with Crippen molar-refractivity contribution in [2.24, 2.45) is 0 Å². The standard InChI is InChI=1S/C15H11FN4/c1-9-5-10(2)19-15(13(9)8-18)20-14-4-3-12(16)6-11(14)7-17/h3-6H,1-2H3,(H,19,20). The van der Waals surface area contributed by atoms with Gasteiger partial charge in [0.2, 0.25) is 0 Å². The maximum atomic E-state index is 13.1. The SMILES string of the molecule is Cc1cc(C)c(C#N)c(Nc2ccc(F)cc2C#N)n1. The lowest BCUT2D eigenvalue weighted by molar-refractivity contribution is 0.627. The van der Waals surface area contributed by atoms with E-state index in [9.17, 15) is 9.65 Å². The van der Waals surface area contributed by atoms with Crippen molar-refractivity contribution in [3.05, 3.63) is 52.5 Å². The van der Waals surface area contributed by atoms with Gasteiger partial charge < -0.3 is 5.32 Å². The summed E-state index contributed by atoms with van der Waals surface area (Å²) in [5, 5.41) is 21.1. The van der Waals surface area contributed by atoms with Crippen molar-refractivity contribution in [3.8, 4) is 12.1 Å². The zero-order valence-corrected chi connectivity index (χ0v) is 11.0. The van der Waals surface area contributed by atoms with E-state index >= 15 is 0 Å². The molecular formula is C15H11FN4. The number of nitrogens with zero attached hydrogens (tertiary/aromatic N) is 3. The van der Waals surface area contributed by atoms with E-state index in [4.69, 9.17) is 5.26 Å². The maximum absolute atomic E-state index is 13.1. The molecule has 98 valence electrons. The van der Waals surface area contributed by atoms with Crippen LogP contribution in [0.1, 0.15) is 22.4 Å². The lowest BCUT2D eigenvalue weighted by Crippen LogP contribution is -2.02. The van der Waals surface area contributed by atoms with Crippen LogP contribution in [0.4, 0.5) is 15.9 Å². The van der Waals surface area contributed by atoms with Crippen LogP contribution >= 0.6 is 0 Å². The summed E-state index contributed by atoms with van der Waals surface area (Å²) in [6.07, 6.45) is 0. The van der Waals surface area contributed by atoms with Gasteiger partial charge in [-0.25, -0.2) is 9.37 Å². The van der Waals surface area contributed by atoms with Crippen molar-refractivity contribution < 1.29 is 4.39 Å². The quantitative estimate of drug-likeness (QED) is 0.904. The van der Waals surface area contributed by atoms with Gasteiger partial charge in [-0.3, -0.25) is 0 Å². The van der Waals surface area contributed by atoms with Crippen molar-refractivity contribution >= 4 is 11.5 Å². The Morgan fingerprint density at radius 3 is 2.55 bits per heavy atom. The van der Waals surface area contributed by atoms with Crippen molar-refractivity contribution in [1.29, 1.82) is 10.5 Å². The van der Waals surface area contributed by atoms with Crippen LogP contribution in [0, 0.1) is 42.3 Å². The van der Waals surface area contributed by atoms with Crippen LogP contribution in [0.25, 0.3) is 0 Å². The van der Waals surface area contributed by atoms with Crippen LogP contribution in [-0.2, 0) is 0 Å². The summed E-state index contributed by atoms with van der Waals surface area (Å²) in [6.45, 7) is 3.63. The van der Waals surface area contributed by atoms with Crippen LogP contribution in [0.5, 0.6) is 0 Å². The van der Waals surface area contributed by atoms with E-state index in [1.54, 1.807) is 6.07 Å². The zero-order valence-electron chi connectivity index (χ0n) is 11.0. The van der Waals surface area contributed by atoms with E-state index in [-0.39, 0.29) is 5.56 Å². The molecule has 0 spiro atoms. The first-order valence-corrected chi connectivity index (χ1v) is 5.90. The van der Waals surface area contributed by atoms with Gasteiger partial charge in [0.05, 0.1) is 16.8 Å². The second kappa shape index (κ2) is 5.38. The molecule has 0 aliphatic heterocycles. The van der Waals surface area contributed by atoms with E-state index in [2.05, 4.69) is 16.4 Å². The van der Waals surface area contributed by atoms with Gasteiger partial charge in [-0.2, -0.15) is 10.5 Å². The van der Waals surface area contributed by atoms with Gasteiger partial charge >= 0.3 is 0 Å². The third-order valence-corrected chi connectivity index (χ3v) is 2.81. The van der Waals surface area contributed by atoms with E-state index in [0.717, 1.165) is 17.3 Å². The van der Waals surface area contributed by atoms with Crippen LogP contribution in [0.3, 0.4) is 0 Å². The van der Waals surface area contributed by atoms with Gasteiger partial charge in [0.1, 0.15) is 23.8 Å². The summed E-state index contributed by atoms with van der Waals surface area (Å²) < 4.78 is 13.1. The van der Waals surface area contributed by atoms with Crippen LogP contribution in [0.2, 0.25) is 0 Å². The molecule has 0 fully saturated rings. The Morgan fingerprint density at radius 2 is 1.90 bits per heavy atom. The highest BCUT2D eigenvalue weighted by Gasteiger charge is 2.11. The molecule has 1 heterocycles. The Labute approximate surface area is 116 Å². The largest absolute Gasteiger partial charge is 0.338 e. The van der Waals surface area contributed by atoms with Gasteiger partial charge in [-0.1, -0.05) is 0 Å². The average Bonchev–Trinajstić information content (AvgIpc) is 2.40. The van der Waals surface area contributed by atoms with E-state index in [1.165, 1.54) is 12.1 Å². The number of nitrogens with one attached hydrogen (secondary N) is 1. The molecule has 0 amide bonds. The van der Waals surface area contributed by atoms with E-state index in [0.29, 0.717) is 17.1 Å². The fourth-order valence-electron chi connectivity index (χ4n) is 1.91. The molecule has 0 aliphatic rings. The third-order valence-electron chi connectivity index (χ3n) is 2.81. The minimum atomic E-state index is -0.485. The lowest BCUT2D eigenvalue weighted by Gasteiger charge is -2.11. The monoisotopic (exact) mass is 266 g/mol. The molecule has 2 rings (SSSR count). The van der Waals surface area contributed by atoms with E-state index in [1.807, 2.05) is 19.9 Å². The smallest absolute Gasteiger partial charge is 0.148 e. The molecule has 0 atom stereocenters. The zero-order chi connectivity index (χ0) is 14.7. The predicted octanol–water partition coefficient (Wildman–Crippen LogP) is 3.32. The molecule has 0 bridgehead atoms. The first-order chi connectivity index (χ1) is 9.55. The predicted molar refractivity (Wildman–Crippen MR) is 72.8 cm³/mol. The summed E-state index contributed by atoms with van der Waals surface area (Å²) in [4.78, 5) is 4.26. The summed E-state index contributed by atoms with van der Waals surface area (Å²) >= 11 is 0. The fourth-order valence-corrected chi connectivity index (χ4v) is 1.91. The number of anilines is 2. The van der Waals surface area contributed by atoms with Crippen molar-refractivity contribution in [2.75, 3.05) is 5.32 Å². The summed E-state index contributed by atoms with van der Waals surface area (Å²) in [5.41, 5.74) is 2.54. The highest BCUT2D eigenvalue weighted by atomic mass is 19.1. The first-order valence-electron chi connectivity index (χ1n) is 5.90. The number of pyridine rings is 1. The second-order valence-corrected chi connectivity index (χ2v) is 4.34. The Morgan fingerprint density at radius 1 is 1.15 bits per heavy atom. The fraction of sp³-hybridized carbons (Fsp3) is 0.133. The number of hydrogen-bond donors (Lipinski definition) is 1. The molecule has 5 heteroatoms. The molecule has 0 radical (unpaired) electrons. The number of aromatic nitrogens is 1. The highest BCUT2D eigenvalue weighted by Crippen LogP contribution is 2.24. The highest BCUT2D eigenvalue weighted by molar-refractivity contribution is 5.69. The normalized spacial score (nSPS) is 9.65. The van der Waals surface area contributed by atoms with Gasteiger partial charge in [-0.05, 0) is 43.7 Å². The number of rotatable bonds is 2. The first kappa shape index (κ1) is 13.5. The molecule has 0 saturated carbocycles. The summed E-state index contributed by atoms with van der Waals surface area (Å²) in [7, 11) is 0. The third kappa shape index (κ3) is 2.57. The van der Waals surface area contributed by atoms with Crippen molar-refractivity contribution in [3.63, 3.8) is 0 Å². The molecule has 0 unspecified atom stereocenters. The van der Waals surface area contributed by atoms with Gasteiger partial charge in [0, 0.05) is 5.69 Å². The number of hydrogen-bond acceptors (Lipinski definition) is 4. The number of aryl methyl sites for hydroxylation is 2. The minimum absolute atomic E-state index is 0.162. The van der Waals surface area contributed by atoms with Crippen LogP contribution in [0.15, 0.2) is 24.3 Å². The molecular weight excluding hydrogens is 255 g/mol. The molecule has 0 saturated heterocycles. The Bertz CT molecular complexity index is 754. The second-order valence-electron chi connectivity index (χ2n) is 4.34. The van der Waals surface area contributed by atoms with Gasteiger partial charge in [-0.15, -0.1) is 0 Å². The summed E-state index contributed by atoms with van der Waals surface area (Å²) in [6, 6.07) is 9.63. The number of nitriles is 2. The molecule has 0 aliphatic carbocycles. The number of benzene rings is 1. The minimum Gasteiger partial charge on any atom is -0.338 e. The Balaban J connectivity index is 2.51. The van der Waals surface area contributed by atoms with E-state index < -0.39 is 5.82 Å². The Kier molecular flexibility index (Phi) is 3.63. The molecule has 1 aromatic heterocycles. The lowest BCUT2D eigenvalue weighted by atomic mass is 10.1. The number of halogens is 1. The van der Waals surface area contributed by atoms with Crippen LogP contribution in [-0.4, -0.2) is 4.98 Å². The average molecular weight is 266 g/mol. The molecule has 20 heavy (non-hydrogen) atoms. The molecule has 4 nitrogen and oxygen atoms in total.